The molecule has 1 aromatic heterocycles. The van der Waals surface area contributed by atoms with Crippen LogP contribution in [0.5, 0.6) is 0 Å². The minimum Gasteiger partial charge on any atom is -0.469 e. The van der Waals surface area contributed by atoms with Gasteiger partial charge >= 0.3 is 0 Å². The molecule has 2 heterocycles. The van der Waals surface area contributed by atoms with E-state index in [1.807, 2.05) is 12.1 Å². The van der Waals surface area contributed by atoms with E-state index in [0.717, 1.165) is 31.9 Å². The molecule has 3 nitrogen and oxygen atoms in total. The van der Waals surface area contributed by atoms with Crippen LogP contribution in [0.2, 0.25) is 0 Å². The van der Waals surface area contributed by atoms with E-state index in [1.54, 1.807) is 6.26 Å². The first kappa shape index (κ1) is 7.83. The second-order valence-corrected chi connectivity index (χ2v) is 3.01. The third kappa shape index (κ3) is 1.87. The molecule has 1 fully saturated rings. The number of hydrogen-bond donors (Lipinski definition) is 1. The predicted octanol–water partition coefficient (Wildman–Crippen LogP) is 0.810. The highest BCUT2D eigenvalue weighted by atomic mass is 16.5. The molecule has 1 unspecified atom stereocenters. The molecular formula is C9H13NO2. The van der Waals surface area contributed by atoms with E-state index in [2.05, 4.69) is 5.32 Å². The van der Waals surface area contributed by atoms with Crippen LogP contribution in [0.25, 0.3) is 0 Å². The molecule has 0 radical (unpaired) electrons. The maximum atomic E-state index is 5.33. The van der Waals surface area contributed by atoms with E-state index in [9.17, 15) is 0 Å². The highest BCUT2D eigenvalue weighted by molar-refractivity contribution is 5.00. The van der Waals surface area contributed by atoms with Crippen molar-refractivity contribution in [3.63, 3.8) is 0 Å². The summed E-state index contributed by atoms with van der Waals surface area (Å²) in [5.74, 6) is 1.03. The Morgan fingerprint density at radius 2 is 2.58 bits per heavy atom. The number of furan rings is 1. The molecule has 1 aliphatic heterocycles. The fourth-order valence-corrected chi connectivity index (χ4v) is 1.42. The molecular weight excluding hydrogens is 154 g/mol. The smallest absolute Gasteiger partial charge is 0.105 e. The minimum atomic E-state index is 0.421. The molecule has 0 aromatic carbocycles. The number of hydrogen-bond acceptors (Lipinski definition) is 3. The summed E-state index contributed by atoms with van der Waals surface area (Å²) in [6.45, 7) is 2.57. The average molecular weight is 167 g/mol. The zero-order chi connectivity index (χ0) is 8.23. The third-order valence-electron chi connectivity index (χ3n) is 2.03. The zero-order valence-electron chi connectivity index (χ0n) is 6.95. The Morgan fingerprint density at radius 3 is 3.25 bits per heavy atom. The van der Waals surface area contributed by atoms with Gasteiger partial charge in [-0.3, -0.25) is 0 Å². The Hall–Kier alpha value is -0.800. The predicted molar refractivity (Wildman–Crippen MR) is 45.0 cm³/mol. The number of morpholine rings is 1. The van der Waals surface area contributed by atoms with Crippen LogP contribution < -0.4 is 5.32 Å². The molecule has 66 valence electrons. The summed E-state index contributed by atoms with van der Waals surface area (Å²) in [5, 5.41) is 3.37. The standard InChI is InChI=1S/C9H13NO2/c1-2-9(12-4-1)6-8-7-11-5-3-10-8/h1-2,4,8,10H,3,5-7H2. The van der Waals surface area contributed by atoms with E-state index < -0.39 is 0 Å². The van der Waals surface area contributed by atoms with Crippen LogP contribution in [-0.2, 0) is 11.2 Å². The van der Waals surface area contributed by atoms with Gasteiger partial charge in [-0.05, 0) is 12.1 Å². The molecule has 0 spiro atoms. The lowest BCUT2D eigenvalue weighted by atomic mass is 10.1. The Bertz CT molecular complexity index is 214. The van der Waals surface area contributed by atoms with Crippen molar-refractivity contribution in [3.05, 3.63) is 24.2 Å². The van der Waals surface area contributed by atoms with Gasteiger partial charge in [0.25, 0.3) is 0 Å². The second kappa shape index (κ2) is 3.74. The van der Waals surface area contributed by atoms with Crippen LogP contribution in [0.4, 0.5) is 0 Å². The minimum absolute atomic E-state index is 0.421. The molecule has 1 atom stereocenters. The number of ether oxygens (including phenoxy) is 1. The Kier molecular flexibility index (Phi) is 2.44. The Morgan fingerprint density at radius 1 is 1.58 bits per heavy atom. The van der Waals surface area contributed by atoms with E-state index in [0.29, 0.717) is 6.04 Å². The van der Waals surface area contributed by atoms with Gasteiger partial charge in [-0.1, -0.05) is 0 Å². The molecule has 0 saturated carbocycles. The fourth-order valence-electron chi connectivity index (χ4n) is 1.42. The summed E-state index contributed by atoms with van der Waals surface area (Å²) in [5.41, 5.74) is 0. The van der Waals surface area contributed by atoms with Crippen molar-refractivity contribution >= 4 is 0 Å². The van der Waals surface area contributed by atoms with Crippen LogP contribution in [0.1, 0.15) is 5.76 Å². The molecule has 0 amide bonds. The first-order valence-corrected chi connectivity index (χ1v) is 4.28. The highest BCUT2D eigenvalue weighted by Gasteiger charge is 2.14. The summed E-state index contributed by atoms with van der Waals surface area (Å²) in [6, 6.07) is 4.33. The quantitative estimate of drug-likeness (QED) is 0.707. The maximum absolute atomic E-state index is 5.33. The van der Waals surface area contributed by atoms with Crippen LogP contribution in [0, 0.1) is 0 Å². The summed E-state index contributed by atoms with van der Waals surface area (Å²) >= 11 is 0. The van der Waals surface area contributed by atoms with Crippen molar-refractivity contribution in [1.29, 1.82) is 0 Å². The molecule has 1 N–H and O–H groups in total. The van der Waals surface area contributed by atoms with Crippen molar-refractivity contribution < 1.29 is 9.15 Å². The van der Waals surface area contributed by atoms with Gasteiger partial charge in [0.15, 0.2) is 0 Å². The van der Waals surface area contributed by atoms with Gasteiger partial charge in [0.1, 0.15) is 5.76 Å². The molecule has 0 bridgehead atoms. The van der Waals surface area contributed by atoms with E-state index >= 15 is 0 Å². The lowest BCUT2D eigenvalue weighted by Gasteiger charge is -2.22. The first-order valence-electron chi connectivity index (χ1n) is 4.28. The zero-order valence-corrected chi connectivity index (χ0v) is 6.95. The van der Waals surface area contributed by atoms with Crippen LogP contribution in [0.3, 0.4) is 0 Å². The van der Waals surface area contributed by atoms with Gasteiger partial charge < -0.3 is 14.5 Å². The average Bonchev–Trinajstić information content (AvgIpc) is 2.59. The van der Waals surface area contributed by atoms with Crippen molar-refractivity contribution in [2.45, 2.75) is 12.5 Å². The summed E-state index contributed by atoms with van der Waals surface area (Å²) in [7, 11) is 0. The van der Waals surface area contributed by atoms with E-state index in [-0.39, 0.29) is 0 Å². The van der Waals surface area contributed by atoms with E-state index in [4.69, 9.17) is 9.15 Å². The largest absolute Gasteiger partial charge is 0.469 e. The van der Waals surface area contributed by atoms with Crippen molar-refractivity contribution in [2.24, 2.45) is 0 Å². The van der Waals surface area contributed by atoms with Crippen LogP contribution in [-0.4, -0.2) is 25.8 Å². The highest BCUT2D eigenvalue weighted by Crippen LogP contribution is 2.05. The van der Waals surface area contributed by atoms with E-state index in [1.165, 1.54) is 0 Å². The van der Waals surface area contributed by atoms with Gasteiger partial charge in [0.05, 0.1) is 19.5 Å². The summed E-state index contributed by atoms with van der Waals surface area (Å²) in [4.78, 5) is 0. The molecule has 1 aliphatic rings. The van der Waals surface area contributed by atoms with Crippen molar-refractivity contribution in [2.75, 3.05) is 19.8 Å². The molecule has 1 aromatic rings. The fraction of sp³-hybridized carbons (Fsp3) is 0.556. The van der Waals surface area contributed by atoms with Crippen LogP contribution >= 0.6 is 0 Å². The Labute approximate surface area is 71.7 Å². The number of nitrogens with one attached hydrogen (secondary N) is 1. The Balaban J connectivity index is 1.86. The van der Waals surface area contributed by atoms with Gasteiger partial charge in [-0.2, -0.15) is 0 Å². The van der Waals surface area contributed by atoms with Gasteiger partial charge in [-0.25, -0.2) is 0 Å². The molecule has 1 saturated heterocycles. The SMILES string of the molecule is c1coc(CC2COCCN2)c1. The van der Waals surface area contributed by atoms with Gasteiger partial charge in [0, 0.05) is 19.0 Å². The normalized spacial score (nSPS) is 24.2. The van der Waals surface area contributed by atoms with Gasteiger partial charge in [-0.15, -0.1) is 0 Å². The van der Waals surface area contributed by atoms with Gasteiger partial charge in [0.2, 0.25) is 0 Å². The summed E-state index contributed by atoms with van der Waals surface area (Å²) in [6.07, 6.45) is 2.63. The van der Waals surface area contributed by atoms with Crippen molar-refractivity contribution in [3.8, 4) is 0 Å². The van der Waals surface area contributed by atoms with Crippen molar-refractivity contribution in [1.82, 2.24) is 5.32 Å². The second-order valence-electron chi connectivity index (χ2n) is 3.01. The molecule has 2 rings (SSSR count). The monoisotopic (exact) mass is 167 g/mol. The topological polar surface area (TPSA) is 34.4 Å². The lowest BCUT2D eigenvalue weighted by molar-refractivity contribution is 0.0754. The first-order chi connectivity index (χ1) is 5.95. The third-order valence-corrected chi connectivity index (χ3v) is 2.03. The molecule has 12 heavy (non-hydrogen) atoms. The number of rotatable bonds is 2. The molecule has 3 heteroatoms. The van der Waals surface area contributed by atoms with Crippen LogP contribution in [0.15, 0.2) is 22.8 Å². The maximum Gasteiger partial charge on any atom is 0.105 e. The summed E-state index contributed by atoms with van der Waals surface area (Å²) < 4.78 is 10.6. The lowest BCUT2D eigenvalue weighted by Crippen LogP contribution is -2.42. The molecule has 0 aliphatic carbocycles.